The van der Waals surface area contributed by atoms with Gasteiger partial charge in [0.2, 0.25) is 0 Å². The van der Waals surface area contributed by atoms with Gasteiger partial charge in [0.05, 0.1) is 17.7 Å². The first kappa shape index (κ1) is 21.7. The van der Waals surface area contributed by atoms with Gasteiger partial charge in [-0.3, -0.25) is 4.31 Å². The maximum atomic E-state index is 13.7. The summed E-state index contributed by atoms with van der Waals surface area (Å²) in [6.45, 7) is 0. The Kier molecular flexibility index (Phi) is 5.97. The molecule has 31 heavy (non-hydrogen) atoms. The van der Waals surface area contributed by atoms with Crippen molar-refractivity contribution in [2.24, 2.45) is 5.73 Å². The van der Waals surface area contributed by atoms with Gasteiger partial charge in [-0.15, -0.1) is 0 Å². The number of nitrogens with two attached hydrogens (primary N) is 1. The first-order valence-electron chi connectivity index (χ1n) is 10.1. The molecule has 0 heterocycles. The van der Waals surface area contributed by atoms with Crippen LogP contribution in [-0.2, 0) is 22.9 Å². The first-order valence-corrected chi connectivity index (χ1v) is 11.9. The third-order valence-electron chi connectivity index (χ3n) is 5.83. The number of rotatable bonds is 5. The van der Waals surface area contributed by atoms with Gasteiger partial charge in [-0.2, -0.15) is 0 Å². The second kappa shape index (κ2) is 8.54. The van der Waals surface area contributed by atoms with Crippen LogP contribution in [0.5, 0.6) is 5.75 Å². The summed E-state index contributed by atoms with van der Waals surface area (Å²) in [6.07, 6.45) is 2.19. The second-order valence-electron chi connectivity index (χ2n) is 7.72. The van der Waals surface area contributed by atoms with Crippen molar-refractivity contribution in [2.75, 3.05) is 18.5 Å². The van der Waals surface area contributed by atoms with Crippen LogP contribution in [0.2, 0.25) is 5.02 Å². The normalized spacial score (nSPS) is 15.9. The summed E-state index contributed by atoms with van der Waals surface area (Å²) in [7, 11) is -0.594. The molecule has 0 aromatic heterocycles. The van der Waals surface area contributed by atoms with Crippen LogP contribution in [0, 0.1) is 0 Å². The van der Waals surface area contributed by atoms with Crippen LogP contribution in [-0.4, -0.2) is 28.6 Å². The molecule has 0 saturated heterocycles. The monoisotopic (exact) mass is 456 g/mol. The smallest absolute Gasteiger partial charge is 0.264 e. The quantitative estimate of drug-likeness (QED) is 0.606. The largest absolute Gasteiger partial charge is 0.496 e. The zero-order valence-corrected chi connectivity index (χ0v) is 19.1. The number of hydrogen-bond donors (Lipinski definition) is 1. The summed E-state index contributed by atoms with van der Waals surface area (Å²) in [5.74, 6) is 0.751. The number of methoxy groups -OCH3 is 1. The van der Waals surface area contributed by atoms with Crippen molar-refractivity contribution >= 4 is 27.3 Å². The summed E-state index contributed by atoms with van der Waals surface area (Å²) in [5, 5.41) is 0.601. The molecule has 5 nitrogen and oxygen atoms in total. The van der Waals surface area contributed by atoms with Gasteiger partial charge < -0.3 is 10.5 Å². The molecule has 2 N–H and O–H groups in total. The van der Waals surface area contributed by atoms with Crippen LogP contribution in [0.25, 0.3) is 11.1 Å². The van der Waals surface area contributed by atoms with Crippen LogP contribution in [0.15, 0.2) is 65.6 Å². The van der Waals surface area contributed by atoms with E-state index in [4.69, 9.17) is 22.1 Å². The fourth-order valence-electron chi connectivity index (χ4n) is 4.18. The van der Waals surface area contributed by atoms with Gasteiger partial charge in [0.1, 0.15) is 5.75 Å². The average molecular weight is 457 g/mol. The Morgan fingerprint density at radius 1 is 1.03 bits per heavy atom. The molecule has 0 aliphatic heterocycles. The number of benzene rings is 3. The highest BCUT2D eigenvalue weighted by molar-refractivity contribution is 7.93. The van der Waals surface area contributed by atoms with E-state index in [-0.39, 0.29) is 10.9 Å². The van der Waals surface area contributed by atoms with Crippen molar-refractivity contribution in [3.05, 3.63) is 76.8 Å². The van der Waals surface area contributed by atoms with Crippen LogP contribution in [0.1, 0.15) is 17.5 Å². The topological polar surface area (TPSA) is 72.6 Å². The van der Waals surface area contributed by atoms with E-state index in [1.807, 2.05) is 36.4 Å². The molecular weight excluding hydrogens is 432 g/mol. The molecular formula is C24H25ClN2O3S. The average Bonchev–Trinajstić information content (AvgIpc) is 2.78. The van der Waals surface area contributed by atoms with Gasteiger partial charge in [0.15, 0.2) is 0 Å². The van der Waals surface area contributed by atoms with Crippen molar-refractivity contribution < 1.29 is 13.2 Å². The highest BCUT2D eigenvalue weighted by Gasteiger charge is 2.29. The predicted octanol–water partition coefficient (Wildman–Crippen LogP) is 4.66. The molecule has 0 bridgehead atoms. The molecule has 162 valence electrons. The van der Waals surface area contributed by atoms with Crippen molar-refractivity contribution in [3.8, 4) is 16.9 Å². The highest BCUT2D eigenvalue weighted by Crippen LogP contribution is 2.39. The minimum absolute atomic E-state index is 0.0455. The third-order valence-corrected chi connectivity index (χ3v) is 7.92. The lowest BCUT2D eigenvalue weighted by atomic mass is 9.87. The Morgan fingerprint density at radius 2 is 1.74 bits per heavy atom. The van der Waals surface area contributed by atoms with Crippen molar-refractivity contribution in [2.45, 2.75) is 30.2 Å². The van der Waals surface area contributed by atoms with Gasteiger partial charge in [0, 0.05) is 29.2 Å². The SMILES string of the molecule is COc1ccc(N(C)S(=O)(=O)c2ccccc2-c2ccc(Cl)cc2)c2c1C[C@@H](N)CC2. The maximum absolute atomic E-state index is 13.7. The lowest BCUT2D eigenvalue weighted by Crippen LogP contribution is -2.32. The van der Waals surface area contributed by atoms with Gasteiger partial charge in [0.25, 0.3) is 10.0 Å². The Hall–Kier alpha value is -2.54. The van der Waals surface area contributed by atoms with Crippen LogP contribution >= 0.6 is 11.6 Å². The summed E-state index contributed by atoms with van der Waals surface area (Å²) in [4.78, 5) is 0.247. The van der Waals surface area contributed by atoms with E-state index in [1.54, 1.807) is 38.4 Å². The zero-order valence-electron chi connectivity index (χ0n) is 17.5. The first-order chi connectivity index (χ1) is 14.8. The number of sulfonamides is 1. The molecule has 0 saturated carbocycles. The van der Waals surface area contributed by atoms with E-state index in [9.17, 15) is 8.42 Å². The molecule has 3 aromatic rings. The highest BCUT2D eigenvalue weighted by atomic mass is 35.5. The second-order valence-corrected chi connectivity index (χ2v) is 10.1. The van der Waals surface area contributed by atoms with E-state index in [2.05, 4.69) is 0 Å². The number of anilines is 1. The zero-order chi connectivity index (χ0) is 22.2. The number of ether oxygens (including phenoxy) is 1. The molecule has 3 aromatic carbocycles. The number of hydrogen-bond acceptors (Lipinski definition) is 4. The number of halogens is 1. The lowest BCUT2D eigenvalue weighted by molar-refractivity contribution is 0.403. The minimum Gasteiger partial charge on any atom is -0.496 e. The molecule has 0 radical (unpaired) electrons. The van der Waals surface area contributed by atoms with Gasteiger partial charge >= 0.3 is 0 Å². The van der Waals surface area contributed by atoms with Crippen LogP contribution < -0.4 is 14.8 Å². The van der Waals surface area contributed by atoms with Crippen LogP contribution in [0.3, 0.4) is 0 Å². The van der Waals surface area contributed by atoms with E-state index in [0.29, 0.717) is 29.1 Å². The number of fused-ring (bicyclic) bond motifs is 1. The predicted molar refractivity (Wildman–Crippen MR) is 125 cm³/mol. The van der Waals surface area contributed by atoms with Gasteiger partial charge in [-0.1, -0.05) is 41.9 Å². The fourth-order valence-corrected chi connectivity index (χ4v) is 5.74. The Bertz CT molecular complexity index is 1210. The molecule has 0 amide bonds. The number of nitrogens with zero attached hydrogens (tertiary/aromatic N) is 1. The van der Waals surface area contributed by atoms with Gasteiger partial charge in [-0.05, 0) is 60.7 Å². The molecule has 0 fully saturated rings. The molecule has 0 unspecified atom stereocenters. The van der Waals surface area contributed by atoms with E-state index in [1.165, 1.54) is 4.31 Å². The van der Waals surface area contributed by atoms with Gasteiger partial charge in [-0.25, -0.2) is 8.42 Å². The van der Waals surface area contributed by atoms with E-state index < -0.39 is 10.0 Å². The summed E-state index contributed by atoms with van der Waals surface area (Å²) < 4.78 is 34.4. The van der Waals surface area contributed by atoms with E-state index >= 15 is 0 Å². The molecule has 4 rings (SSSR count). The Morgan fingerprint density at radius 3 is 2.45 bits per heavy atom. The summed E-state index contributed by atoms with van der Waals surface area (Å²) >= 11 is 6.02. The minimum atomic E-state index is -3.82. The standard InChI is InChI=1S/C24H25ClN2O3S/c1-27(22-13-14-23(30-2)21-15-18(26)11-12-20(21)22)31(28,29)24-6-4-3-5-19(24)16-7-9-17(25)10-8-16/h3-10,13-14,18H,11-12,15,26H2,1-2H3/t18-/m0/s1. The Balaban J connectivity index is 1.81. The summed E-state index contributed by atoms with van der Waals surface area (Å²) in [6, 6.07) is 17.9. The molecule has 0 spiro atoms. The van der Waals surface area contributed by atoms with E-state index in [0.717, 1.165) is 28.9 Å². The lowest BCUT2D eigenvalue weighted by Gasteiger charge is -2.30. The molecule has 1 aliphatic rings. The molecule has 1 atom stereocenters. The molecule has 1 aliphatic carbocycles. The Labute approximate surface area is 188 Å². The third kappa shape index (κ3) is 4.03. The van der Waals surface area contributed by atoms with Crippen molar-refractivity contribution in [1.82, 2.24) is 0 Å². The molecule has 7 heteroatoms. The van der Waals surface area contributed by atoms with Crippen LogP contribution in [0.4, 0.5) is 5.69 Å². The summed E-state index contributed by atoms with van der Waals surface area (Å²) in [5.41, 5.74) is 10.2. The van der Waals surface area contributed by atoms with Crippen molar-refractivity contribution in [1.29, 1.82) is 0 Å². The maximum Gasteiger partial charge on any atom is 0.264 e. The van der Waals surface area contributed by atoms with Crippen molar-refractivity contribution in [3.63, 3.8) is 0 Å². The fraction of sp³-hybridized carbons (Fsp3) is 0.250.